The van der Waals surface area contributed by atoms with Gasteiger partial charge in [0.05, 0.1) is 11.1 Å². The van der Waals surface area contributed by atoms with Gasteiger partial charge < -0.3 is 14.5 Å². The molecule has 0 aliphatic carbocycles. The van der Waals surface area contributed by atoms with Crippen LogP contribution in [0.1, 0.15) is 24.6 Å². The van der Waals surface area contributed by atoms with Crippen molar-refractivity contribution in [2.75, 3.05) is 18.0 Å². The minimum atomic E-state index is -0.857. The number of rotatable bonds is 3. The molecule has 0 bridgehead atoms. The molecule has 1 saturated heterocycles. The van der Waals surface area contributed by atoms with E-state index in [9.17, 15) is 8.78 Å². The van der Waals surface area contributed by atoms with Gasteiger partial charge in [0, 0.05) is 44.0 Å². The van der Waals surface area contributed by atoms with Gasteiger partial charge in [-0.2, -0.15) is 0 Å². The van der Waals surface area contributed by atoms with Crippen LogP contribution in [0, 0.1) is 11.6 Å². The number of piperidine rings is 1. The maximum absolute atomic E-state index is 13.6. The fraction of sp³-hybridized carbons (Fsp3) is 0.286. The number of nitrogens with one attached hydrogen (secondary N) is 1. The quantitative estimate of drug-likeness (QED) is 0.468. The molecular weight excluding hydrogens is 445 g/mol. The summed E-state index contributed by atoms with van der Waals surface area (Å²) in [6, 6.07) is 5.90. The highest BCUT2D eigenvalue weighted by Crippen LogP contribution is 2.33. The highest BCUT2D eigenvalue weighted by Gasteiger charge is 2.26. The maximum Gasteiger partial charge on any atom is 0.159 e. The van der Waals surface area contributed by atoms with Gasteiger partial charge in [0.2, 0.25) is 0 Å². The van der Waals surface area contributed by atoms with Crippen molar-refractivity contribution in [3.63, 3.8) is 0 Å². The van der Waals surface area contributed by atoms with Gasteiger partial charge >= 0.3 is 0 Å². The molecule has 1 aliphatic rings. The van der Waals surface area contributed by atoms with Crippen molar-refractivity contribution >= 4 is 41.7 Å². The van der Waals surface area contributed by atoms with Crippen LogP contribution in [0.4, 0.5) is 14.6 Å². The molecular formula is C21H22Cl2F2N6. The zero-order valence-electron chi connectivity index (χ0n) is 16.8. The summed E-state index contributed by atoms with van der Waals surface area (Å²) >= 11 is 0. The number of halogens is 4. The highest BCUT2D eigenvalue weighted by atomic mass is 35.5. The molecule has 1 aromatic carbocycles. The predicted molar refractivity (Wildman–Crippen MR) is 121 cm³/mol. The minimum absolute atomic E-state index is 0. The molecule has 10 heteroatoms. The van der Waals surface area contributed by atoms with Crippen LogP contribution in [0.3, 0.4) is 0 Å². The number of anilines is 1. The van der Waals surface area contributed by atoms with E-state index in [1.54, 1.807) is 12.4 Å². The first kappa shape index (κ1) is 23.0. The van der Waals surface area contributed by atoms with Crippen molar-refractivity contribution in [1.29, 1.82) is 0 Å². The van der Waals surface area contributed by atoms with Gasteiger partial charge in [-0.3, -0.25) is 0 Å². The van der Waals surface area contributed by atoms with E-state index in [0.29, 0.717) is 17.2 Å². The Morgan fingerprint density at radius 1 is 1.03 bits per heavy atom. The Bertz CT molecular complexity index is 1180. The van der Waals surface area contributed by atoms with E-state index in [1.165, 1.54) is 6.07 Å². The van der Waals surface area contributed by atoms with Gasteiger partial charge in [0.25, 0.3) is 0 Å². The number of fused-ring (bicyclic) bond motifs is 1. The van der Waals surface area contributed by atoms with E-state index in [2.05, 4.69) is 19.9 Å². The summed E-state index contributed by atoms with van der Waals surface area (Å²) in [4.78, 5) is 18.9. The molecule has 3 aromatic heterocycles. The number of aromatic amines is 1. The second-order valence-electron chi connectivity index (χ2n) is 7.42. The lowest BCUT2D eigenvalue weighted by Crippen LogP contribution is -2.34. The van der Waals surface area contributed by atoms with E-state index >= 15 is 0 Å². The zero-order valence-corrected chi connectivity index (χ0v) is 18.4. The van der Waals surface area contributed by atoms with Crippen molar-refractivity contribution in [1.82, 2.24) is 24.5 Å². The number of imidazole rings is 1. The zero-order chi connectivity index (χ0) is 20.0. The Morgan fingerprint density at radius 3 is 2.55 bits per heavy atom. The lowest BCUT2D eigenvalue weighted by atomic mass is 9.96. The number of aromatic nitrogens is 5. The molecule has 31 heavy (non-hydrogen) atoms. The maximum atomic E-state index is 13.6. The van der Waals surface area contributed by atoms with E-state index in [-0.39, 0.29) is 24.8 Å². The Kier molecular flexibility index (Phi) is 6.81. The molecule has 0 amide bonds. The molecule has 5 rings (SSSR count). The number of hydrogen-bond acceptors (Lipinski definition) is 4. The van der Waals surface area contributed by atoms with Crippen molar-refractivity contribution in [3.8, 4) is 11.3 Å². The standard InChI is InChI=1S/C21H20F2N6.2ClH/c1-28-11-18(14-2-3-16(22)17(23)10-14)27-20(28)13-5-8-29(9-6-13)21-15-4-7-24-19(15)25-12-26-21;;/h2-4,7,10-13H,5-6,8-9H2,1H3,(H,24,25,26);2*1H. The molecule has 0 atom stereocenters. The van der Waals surface area contributed by atoms with Gasteiger partial charge in [-0.05, 0) is 37.1 Å². The summed E-state index contributed by atoms with van der Waals surface area (Å²) in [6.45, 7) is 1.74. The molecule has 1 N–H and O–H groups in total. The van der Waals surface area contributed by atoms with Crippen LogP contribution in [-0.2, 0) is 7.05 Å². The lowest BCUT2D eigenvalue weighted by Gasteiger charge is -2.32. The van der Waals surface area contributed by atoms with Crippen LogP contribution < -0.4 is 4.90 Å². The first-order chi connectivity index (χ1) is 14.1. The summed E-state index contributed by atoms with van der Waals surface area (Å²) in [6.07, 6.45) is 7.23. The number of nitrogens with zero attached hydrogens (tertiary/aromatic N) is 5. The minimum Gasteiger partial charge on any atom is -0.356 e. The van der Waals surface area contributed by atoms with Crippen LogP contribution in [0.5, 0.6) is 0 Å². The molecule has 4 aromatic rings. The van der Waals surface area contributed by atoms with Crippen molar-refractivity contribution in [2.45, 2.75) is 18.8 Å². The molecule has 0 spiro atoms. The van der Waals surface area contributed by atoms with E-state index in [4.69, 9.17) is 4.98 Å². The normalized spacial score (nSPS) is 14.4. The van der Waals surface area contributed by atoms with Crippen molar-refractivity contribution < 1.29 is 8.78 Å². The van der Waals surface area contributed by atoms with Gasteiger partial charge in [-0.1, -0.05) is 0 Å². The summed E-state index contributed by atoms with van der Waals surface area (Å²) in [5.41, 5.74) is 2.09. The van der Waals surface area contributed by atoms with E-state index in [0.717, 1.165) is 54.7 Å². The topological polar surface area (TPSA) is 62.6 Å². The van der Waals surface area contributed by atoms with Crippen LogP contribution in [0.2, 0.25) is 0 Å². The Hall–Kier alpha value is -2.71. The first-order valence-electron chi connectivity index (χ1n) is 9.62. The fourth-order valence-electron chi connectivity index (χ4n) is 4.11. The SMILES string of the molecule is Cl.Cl.Cn1cc(-c2ccc(F)c(F)c2)nc1C1CCN(c2ncnc3[nH]ccc23)CC1. The third-order valence-corrected chi connectivity index (χ3v) is 5.62. The molecule has 164 valence electrons. The molecule has 4 heterocycles. The monoisotopic (exact) mass is 466 g/mol. The molecule has 6 nitrogen and oxygen atoms in total. The van der Waals surface area contributed by atoms with Gasteiger partial charge in [0.1, 0.15) is 23.6 Å². The smallest absolute Gasteiger partial charge is 0.159 e. The summed E-state index contributed by atoms with van der Waals surface area (Å²) in [5, 5.41) is 1.03. The molecule has 0 unspecified atom stereocenters. The van der Waals surface area contributed by atoms with Crippen molar-refractivity contribution in [3.05, 3.63) is 60.4 Å². The highest BCUT2D eigenvalue weighted by molar-refractivity contribution is 5.87. The first-order valence-corrected chi connectivity index (χ1v) is 9.62. The van der Waals surface area contributed by atoms with E-state index < -0.39 is 11.6 Å². The van der Waals surface area contributed by atoms with Crippen LogP contribution in [0.15, 0.2) is 43.0 Å². The Balaban J connectivity index is 0.00000136. The summed E-state index contributed by atoms with van der Waals surface area (Å²) in [5.74, 6) is 0.525. The third kappa shape index (κ3) is 4.22. The molecule has 0 radical (unpaired) electrons. The second kappa shape index (κ2) is 9.20. The number of H-pyrrole nitrogens is 1. The number of benzene rings is 1. The number of hydrogen-bond donors (Lipinski definition) is 1. The van der Waals surface area contributed by atoms with Gasteiger partial charge in [-0.15, -0.1) is 24.8 Å². The predicted octanol–water partition coefficient (Wildman–Crippen LogP) is 4.86. The average molecular weight is 467 g/mol. The van der Waals surface area contributed by atoms with Crippen LogP contribution in [-0.4, -0.2) is 37.6 Å². The second-order valence-corrected chi connectivity index (χ2v) is 7.42. The average Bonchev–Trinajstić information content (AvgIpc) is 3.37. The molecule has 1 fully saturated rings. The summed E-state index contributed by atoms with van der Waals surface area (Å²) in [7, 11) is 1.95. The number of aryl methyl sites for hydroxylation is 1. The Labute approximate surface area is 190 Å². The van der Waals surface area contributed by atoms with Crippen molar-refractivity contribution in [2.24, 2.45) is 7.05 Å². The Morgan fingerprint density at radius 2 is 1.81 bits per heavy atom. The summed E-state index contributed by atoms with van der Waals surface area (Å²) < 4.78 is 28.8. The molecule has 0 saturated carbocycles. The molecule has 1 aliphatic heterocycles. The van der Waals surface area contributed by atoms with Crippen LogP contribution in [0.25, 0.3) is 22.3 Å². The van der Waals surface area contributed by atoms with Gasteiger partial charge in [-0.25, -0.2) is 23.7 Å². The van der Waals surface area contributed by atoms with Gasteiger partial charge in [0.15, 0.2) is 11.6 Å². The fourth-order valence-corrected chi connectivity index (χ4v) is 4.11. The lowest BCUT2D eigenvalue weighted by molar-refractivity contribution is 0.474. The van der Waals surface area contributed by atoms with E-state index in [1.807, 2.05) is 30.1 Å². The van der Waals surface area contributed by atoms with Crippen LogP contribution >= 0.6 is 24.8 Å². The largest absolute Gasteiger partial charge is 0.356 e. The third-order valence-electron chi connectivity index (χ3n) is 5.62.